The predicted molar refractivity (Wildman–Crippen MR) is 56.8 cm³/mol. The lowest BCUT2D eigenvalue weighted by atomic mass is 10.1. The van der Waals surface area contributed by atoms with Gasteiger partial charge in [0.05, 0.1) is 7.11 Å². The standard InChI is InChI=1S/C11H17NO2/c1-4-8-5-9(7-12-2)10(13)6-11(8)14-3/h5-6,12-13H,4,7H2,1-3H3. The SMILES string of the molecule is CCc1cc(CNC)c(O)cc1OC. The van der Waals surface area contributed by atoms with E-state index in [1.807, 2.05) is 13.1 Å². The Morgan fingerprint density at radius 3 is 2.57 bits per heavy atom. The number of aryl methyl sites for hydroxylation is 1. The fourth-order valence-electron chi connectivity index (χ4n) is 1.46. The van der Waals surface area contributed by atoms with E-state index in [4.69, 9.17) is 4.74 Å². The van der Waals surface area contributed by atoms with E-state index >= 15 is 0 Å². The monoisotopic (exact) mass is 195 g/mol. The highest BCUT2D eigenvalue weighted by atomic mass is 16.5. The molecule has 0 spiro atoms. The molecule has 2 N–H and O–H groups in total. The maximum Gasteiger partial charge on any atom is 0.125 e. The molecule has 0 radical (unpaired) electrons. The van der Waals surface area contributed by atoms with E-state index in [0.717, 1.165) is 23.3 Å². The molecule has 0 saturated carbocycles. The third-order valence-electron chi connectivity index (χ3n) is 2.23. The molecule has 1 aromatic rings. The fourth-order valence-corrected chi connectivity index (χ4v) is 1.46. The molecule has 0 aliphatic rings. The Kier molecular flexibility index (Phi) is 3.77. The Balaban J connectivity index is 3.09. The first-order valence-corrected chi connectivity index (χ1v) is 4.76. The molecule has 14 heavy (non-hydrogen) atoms. The molecule has 0 aromatic heterocycles. The molecule has 3 heteroatoms. The Bertz CT molecular complexity index is 310. The number of hydrogen-bond donors (Lipinski definition) is 2. The number of phenolic OH excluding ortho intramolecular Hbond substituents is 1. The first-order valence-electron chi connectivity index (χ1n) is 4.76. The molecule has 0 aliphatic carbocycles. The molecule has 0 unspecified atom stereocenters. The second kappa shape index (κ2) is 4.86. The van der Waals surface area contributed by atoms with Crippen molar-refractivity contribution in [3.63, 3.8) is 0 Å². The van der Waals surface area contributed by atoms with Crippen LogP contribution in [0.15, 0.2) is 12.1 Å². The summed E-state index contributed by atoms with van der Waals surface area (Å²) in [6.07, 6.45) is 0.903. The number of ether oxygens (including phenoxy) is 1. The molecule has 3 nitrogen and oxygen atoms in total. The molecule has 0 aliphatic heterocycles. The van der Waals surface area contributed by atoms with Gasteiger partial charge < -0.3 is 15.2 Å². The van der Waals surface area contributed by atoms with Crippen LogP contribution < -0.4 is 10.1 Å². The molecule has 1 rings (SSSR count). The number of rotatable bonds is 4. The zero-order valence-corrected chi connectivity index (χ0v) is 8.92. The summed E-state index contributed by atoms with van der Waals surface area (Å²) in [5.74, 6) is 1.04. The summed E-state index contributed by atoms with van der Waals surface area (Å²) in [4.78, 5) is 0. The molecule has 0 atom stereocenters. The van der Waals surface area contributed by atoms with E-state index in [-0.39, 0.29) is 5.75 Å². The van der Waals surface area contributed by atoms with Crippen LogP contribution in [0, 0.1) is 0 Å². The van der Waals surface area contributed by atoms with Crippen molar-refractivity contribution in [3.8, 4) is 11.5 Å². The molecule has 0 bridgehead atoms. The van der Waals surface area contributed by atoms with Gasteiger partial charge in [0, 0.05) is 18.2 Å². The first kappa shape index (κ1) is 10.9. The molecule has 0 saturated heterocycles. The summed E-state index contributed by atoms with van der Waals surface area (Å²) in [5.41, 5.74) is 2.03. The van der Waals surface area contributed by atoms with Crippen LogP contribution in [-0.4, -0.2) is 19.3 Å². The minimum atomic E-state index is 0.286. The van der Waals surface area contributed by atoms with Gasteiger partial charge in [0.1, 0.15) is 11.5 Å². The van der Waals surface area contributed by atoms with Crippen LogP contribution >= 0.6 is 0 Å². The van der Waals surface area contributed by atoms with Gasteiger partial charge >= 0.3 is 0 Å². The zero-order chi connectivity index (χ0) is 10.6. The maximum absolute atomic E-state index is 9.65. The first-order chi connectivity index (χ1) is 6.72. The van der Waals surface area contributed by atoms with Crippen molar-refractivity contribution < 1.29 is 9.84 Å². The highest BCUT2D eigenvalue weighted by molar-refractivity contribution is 5.45. The van der Waals surface area contributed by atoms with Gasteiger partial charge in [-0.2, -0.15) is 0 Å². The Labute approximate surface area is 84.7 Å². The van der Waals surface area contributed by atoms with Gasteiger partial charge in [-0.15, -0.1) is 0 Å². The van der Waals surface area contributed by atoms with Crippen LogP contribution in [0.25, 0.3) is 0 Å². The van der Waals surface area contributed by atoms with E-state index < -0.39 is 0 Å². The third kappa shape index (κ3) is 2.17. The number of benzene rings is 1. The van der Waals surface area contributed by atoms with Gasteiger partial charge in [-0.25, -0.2) is 0 Å². The van der Waals surface area contributed by atoms with E-state index in [2.05, 4.69) is 12.2 Å². The zero-order valence-electron chi connectivity index (χ0n) is 8.92. The summed E-state index contributed by atoms with van der Waals surface area (Å²) >= 11 is 0. The van der Waals surface area contributed by atoms with Crippen molar-refractivity contribution in [3.05, 3.63) is 23.3 Å². The summed E-state index contributed by atoms with van der Waals surface area (Å²) in [7, 11) is 3.47. The molecule has 78 valence electrons. The average molecular weight is 195 g/mol. The van der Waals surface area contributed by atoms with Crippen molar-refractivity contribution >= 4 is 0 Å². The van der Waals surface area contributed by atoms with Crippen molar-refractivity contribution in [2.75, 3.05) is 14.2 Å². The Hall–Kier alpha value is -1.22. The molecule has 1 aromatic carbocycles. The fraction of sp³-hybridized carbons (Fsp3) is 0.455. The molecular formula is C11H17NO2. The largest absolute Gasteiger partial charge is 0.507 e. The molecule has 0 fully saturated rings. The predicted octanol–water partition coefficient (Wildman–Crippen LogP) is 1.68. The third-order valence-corrected chi connectivity index (χ3v) is 2.23. The van der Waals surface area contributed by atoms with Gasteiger partial charge in [-0.1, -0.05) is 6.92 Å². The van der Waals surface area contributed by atoms with Gasteiger partial charge in [0.15, 0.2) is 0 Å². The van der Waals surface area contributed by atoms with Crippen LogP contribution in [0.1, 0.15) is 18.1 Å². The topological polar surface area (TPSA) is 41.5 Å². The molecule has 0 heterocycles. The van der Waals surface area contributed by atoms with E-state index in [1.54, 1.807) is 13.2 Å². The molecule has 0 amide bonds. The van der Waals surface area contributed by atoms with Crippen molar-refractivity contribution in [1.29, 1.82) is 0 Å². The Morgan fingerprint density at radius 2 is 2.07 bits per heavy atom. The van der Waals surface area contributed by atoms with Gasteiger partial charge in [0.2, 0.25) is 0 Å². The number of methoxy groups -OCH3 is 1. The lowest BCUT2D eigenvalue weighted by Gasteiger charge is -2.11. The quantitative estimate of drug-likeness (QED) is 0.768. The smallest absolute Gasteiger partial charge is 0.125 e. The van der Waals surface area contributed by atoms with Crippen LogP contribution in [0.2, 0.25) is 0 Å². The summed E-state index contributed by atoms with van der Waals surface area (Å²) in [5, 5.41) is 12.7. The number of nitrogens with one attached hydrogen (secondary N) is 1. The van der Waals surface area contributed by atoms with Crippen LogP contribution in [-0.2, 0) is 13.0 Å². The minimum Gasteiger partial charge on any atom is -0.507 e. The van der Waals surface area contributed by atoms with Crippen molar-refractivity contribution in [1.82, 2.24) is 5.32 Å². The Morgan fingerprint density at radius 1 is 1.36 bits per heavy atom. The second-order valence-corrected chi connectivity index (χ2v) is 3.18. The van der Waals surface area contributed by atoms with Gasteiger partial charge in [-0.05, 0) is 25.1 Å². The van der Waals surface area contributed by atoms with E-state index in [0.29, 0.717) is 6.54 Å². The summed E-state index contributed by atoms with van der Waals surface area (Å²) < 4.78 is 5.17. The minimum absolute atomic E-state index is 0.286. The van der Waals surface area contributed by atoms with E-state index in [9.17, 15) is 5.11 Å². The van der Waals surface area contributed by atoms with Crippen LogP contribution in [0.5, 0.6) is 11.5 Å². The number of hydrogen-bond acceptors (Lipinski definition) is 3. The lowest BCUT2D eigenvalue weighted by molar-refractivity contribution is 0.401. The van der Waals surface area contributed by atoms with Gasteiger partial charge in [0.25, 0.3) is 0 Å². The highest BCUT2D eigenvalue weighted by Gasteiger charge is 2.07. The lowest BCUT2D eigenvalue weighted by Crippen LogP contribution is -2.06. The van der Waals surface area contributed by atoms with E-state index in [1.165, 1.54) is 0 Å². The van der Waals surface area contributed by atoms with Crippen LogP contribution in [0.4, 0.5) is 0 Å². The van der Waals surface area contributed by atoms with Gasteiger partial charge in [-0.3, -0.25) is 0 Å². The maximum atomic E-state index is 9.65. The summed E-state index contributed by atoms with van der Waals surface area (Å²) in [6, 6.07) is 3.65. The average Bonchev–Trinajstić information content (AvgIpc) is 2.20. The van der Waals surface area contributed by atoms with Crippen molar-refractivity contribution in [2.24, 2.45) is 0 Å². The number of aromatic hydroxyl groups is 1. The number of phenols is 1. The molecular weight excluding hydrogens is 178 g/mol. The van der Waals surface area contributed by atoms with Crippen molar-refractivity contribution in [2.45, 2.75) is 19.9 Å². The second-order valence-electron chi connectivity index (χ2n) is 3.18. The normalized spacial score (nSPS) is 10.2. The van der Waals surface area contributed by atoms with Crippen LogP contribution in [0.3, 0.4) is 0 Å². The summed E-state index contributed by atoms with van der Waals surface area (Å²) in [6.45, 7) is 2.74. The highest BCUT2D eigenvalue weighted by Crippen LogP contribution is 2.28.